The summed E-state index contributed by atoms with van der Waals surface area (Å²) in [7, 11) is 0. The standard InChI is InChI=1S/C20H24N4O2/c21-12-17(19-11-16-6-1-2-7-18(16)26-19)24-10-4-8-20(22-24)23-9-3-5-15(13-23)14-25/h1-2,4,6-8,11-12,15,25H,3,5,9-10,13-14,21H2/b17-12-. The average Bonchev–Trinajstić information content (AvgIpc) is 3.12. The van der Waals surface area contributed by atoms with E-state index in [1.54, 1.807) is 6.20 Å². The molecule has 1 aromatic carbocycles. The molecule has 2 aliphatic heterocycles. The number of likely N-dealkylation sites (tertiary alicyclic amines) is 1. The predicted molar refractivity (Wildman–Crippen MR) is 103 cm³/mol. The van der Waals surface area contributed by atoms with Crippen LogP contribution in [0.25, 0.3) is 16.7 Å². The maximum Gasteiger partial charge on any atom is 0.154 e. The SMILES string of the molecule is N/C=C(/c1cc2ccccc2o1)N1CC=CC(N2CCCC(CO)C2)=N1. The summed E-state index contributed by atoms with van der Waals surface area (Å²) in [6, 6.07) is 9.89. The van der Waals surface area contributed by atoms with Crippen LogP contribution in [0, 0.1) is 5.92 Å². The summed E-state index contributed by atoms with van der Waals surface area (Å²) < 4.78 is 5.96. The van der Waals surface area contributed by atoms with E-state index in [9.17, 15) is 5.11 Å². The Bertz CT molecular complexity index is 835. The lowest BCUT2D eigenvalue weighted by Crippen LogP contribution is -2.42. The third kappa shape index (κ3) is 3.20. The van der Waals surface area contributed by atoms with Crippen LogP contribution in [0.3, 0.4) is 0 Å². The molecule has 0 amide bonds. The number of nitrogens with zero attached hydrogens (tertiary/aromatic N) is 3. The van der Waals surface area contributed by atoms with Crippen molar-refractivity contribution >= 4 is 22.5 Å². The van der Waals surface area contributed by atoms with Crippen LogP contribution in [0.1, 0.15) is 18.6 Å². The van der Waals surface area contributed by atoms with Crippen molar-refractivity contribution in [2.45, 2.75) is 12.8 Å². The molecule has 3 N–H and O–H groups in total. The number of hydrazone groups is 1. The third-order valence-corrected chi connectivity index (χ3v) is 4.98. The number of rotatable bonds is 3. The number of aliphatic hydroxyl groups excluding tert-OH is 1. The van der Waals surface area contributed by atoms with Crippen molar-refractivity contribution in [2.24, 2.45) is 16.8 Å². The molecular formula is C20H24N4O2. The topological polar surface area (TPSA) is 78.2 Å². The minimum Gasteiger partial charge on any atom is -0.454 e. The molecule has 0 spiro atoms. The van der Waals surface area contributed by atoms with E-state index in [1.165, 1.54) is 0 Å². The first-order valence-corrected chi connectivity index (χ1v) is 9.08. The molecule has 6 heteroatoms. The molecule has 6 nitrogen and oxygen atoms in total. The fraction of sp³-hybridized carbons (Fsp3) is 0.350. The molecule has 0 aliphatic carbocycles. The lowest BCUT2D eigenvalue weighted by molar-refractivity contribution is 0.159. The Morgan fingerprint density at radius 3 is 3.08 bits per heavy atom. The van der Waals surface area contributed by atoms with Gasteiger partial charge in [0.1, 0.15) is 17.1 Å². The van der Waals surface area contributed by atoms with Gasteiger partial charge < -0.3 is 20.2 Å². The van der Waals surface area contributed by atoms with Gasteiger partial charge in [-0.3, -0.25) is 5.01 Å². The van der Waals surface area contributed by atoms with Gasteiger partial charge in [0.2, 0.25) is 0 Å². The molecule has 26 heavy (non-hydrogen) atoms. The molecule has 0 saturated carbocycles. The lowest BCUT2D eigenvalue weighted by atomic mass is 9.99. The summed E-state index contributed by atoms with van der Waals surface area (Å²) in [5.41, 5.74) is 7.50. The van der Waals surface area contributed by atoms with Gasteiger partial charge in [-0.15, -0.1) is 0 Å². The van der Waals surface area contributed by atoms with E-state index < -0.39 is 0 Å². The number of aliphatic hydroxyl groups is 1. The van der Waals surface area contributed by atoms with Crippen LogP contribution in [0.4, 0.5) is 0 Å². The highest BCUT2D eigenvalue weighted by atomic mass is 16.3. The molecule has 1 atom stereocenters. The predicted octanol–water partition coefficient (Wildman–Crippen LogP) is 2.58. The fourth-order valence-corrected chi connectivity index (χ4v) is 3.60. The Kier molecular flexibility index (Phi) is 4.67. The van der Waals surface area contributed by atoms with Crippen LogP contribution in [0.5, 0.6) is 0 Å². The zero-order valence-electron chi connectivity index (χ0n) is 14.7. The van der Waals surface area contributed by atoms with Crippen LogP contribution in [-0.2, 0) is 0 Å². The maximum absolute atomic E-state index is 9.47. The molecule has 1 saturated heterocycles. The van der Waals surface area contributed by atoms with Gasteiger partial charge in [-0.05, 0) is 37.0 Å². The second-order valence-electron chi connectivity index (χ2n) is 6.78. The molecule has 4 rings (SSSR count). The summed E-state index contributed by atoms with van der Waals surface area (Å²) in [6.45, 7) is 2.66. The summed E-state index contributed by atoms with van der Waals surface area (Å²) in [6.07, 6.45) is 7.81. The molecule has 3 heterocycles. The second kappa shape index (κ2) is 7.25. The molecule has 2 aromatic rings. The van der Waals surface area contributed by atoms with E-state index in [1.807, 2.05) is 41.4 Å². The first kappa shape index (κ1) is 16.7. The van der Waals surface area contributed by atoms with E-state index >= 15 is 0 Å². The van der Waals surface area contributed by atoms with Crippen molar-refractivity contribution in [3.63, 3.8) is 0 Å². The molecule has 1 aromatic heterocycles. The molecule has 0 radical (unpaired) electrons. The summed E-state index contributed by atoms with van der Waals surface area (Å²) in [5, 5.41) is 17.2. The zero-order valence-corrected chi connectivity index (χ0v) is 14.7. The van der Waals surface area contributed by atoms with Gasteiger partial charge in [-0.1, -0.05) is 24.3 Å². The molecular weight excluding hydrogens is 328 g/mol. The van der Waals surface area contributed by atoms with Crippen LogP contribution in [0.2, 0.25) is 0 Å². The molecule has 0 bridgehead atoms. The third-order valence-electron chi connectivity index (χ3n) is 4.98. The van der Waals surface area contributed by atoms with Crippen molar-refractivity contribution in [2.75, 3.05) is 26.2 Å². The van der Waals surface area contributed by atoms with Crippen molar-refractivity contribution in [3.05, 3.63) is 54.4 Å². The van der Waals surface area contributed by atoms with Gasteiger partial charge in [0.05, 0.1) is 6.54 Å². The van der Waals surface area contributed by atoms with Gasteiger partial charge >= 0.3 is 0 Å². The number of piperidine rings is 1. The van der Waals surface area contributed by atoms with Gasteiger partial charge in [-0.2, -0.15) is 5.10 Å². The number of hydrogen-bond acceptors (Lipinski definition) is 6. The number of para-hydroxylation sites is 1. The Labute approximate surface area is 152 Å². The monoisotopic (exact) mass is 352 g/mol. The van der Waals surface area contributed by atoms with Crippen molar-refractivity contribution in [3.8, 4) is 0 Å². The van der Waals surface area contributed by atoms with Gasteiger partial charge in [-0.25, -0.2) is 0 Å². The van der Waals surface area contributed by atoms with Crippen LogP contribution < -0.4 is 5.73 Å². The largest absolute Gasteiger partial charge is 0.454 e. The van der Waals surface area contributed by atoms with E-state index in [2.05, 4.69) is 11.0 Å². The van der Waals surface area contributed by atoms with E-state index in [0.717, 1.165) is 48.4 Å². The van der Waals surface area contributed by atoms with Gasteiger partial charge in [0, 0.05) is 31.3 Å². The lowest BCUT2D eigenvalue weighted by Gasteiger charge is -2.35. The smallest absolute Gasteiger partial charge is 0.154 e. The van der Waals surface area contributed by atoms with E-state index in [4.69, 9.17) is 15.3 Å². The minimum atomic E-state index is 0.226. The first-order chi connectivity index (χ1) is 12.8. The molecule has 1 unspecified atom stereocenters. The second-order valence-corrected chi connectivity index (χ2v) is 6.78. The summed E-state index contributed by atoms with van der Waals surface area (Å²) in [4.78, 5) is 2.24. The van der Waals surface area contributed by atoms with Crippen LogP contribution in [0.15, 0.2) is 58.2 Å². The Balaban J connectivity index is 1.59. The van der Waals surface area contributed by atoms with Crippen molar-refractivity contribution < 1.29 is 9.52 Å². The number of benzene rings is 1. The number of hydrogen-bond donors (Lipinski definition) is 2. The maximum atomic E-state index is 9.47. The first-order valence-electron chi connectivity index (χ1n) is 9.08. The fourth-order valence-electron chi connectivity index (χ4n) is 3.60. The summed E-state index contributed by atoms with van der Waals surface area (Å²) in [5.74, 6) is 1.93. The Hall–Kier alpha value is -2.73. The average molecular weight is 352 g/mol. The van der Waals surface area contributed by atoms with Crippen LogP contribution >= 0.6 is 0 Å². The number of nitrogens with two attached hydrogens (primary N) is 1. The number of furan rings is 1. The highest BCUT2D eigenvalue weighted by Crippen LogP contribution is 2.28. The highest BCUT2D eigenvalue weighted by molar-refractivity contribution is 5.94. The zero-order chi connectivity index (χ0) is 17.9. The Morgan fingerprint density at radius 1 is 1.38 bits per heavy atom. The quantitative estimate of drug-likeness (QED) is 0.888. The minimum absolute atomic E-state index is 0.226. The van der Waals surface area contributed by atoms with Crippen molar-refractivity contribution in [1.82, 2.24) is 9.91 Å². The van der Waals surface area contributed by atoms with Gasteiger partial charge in [0.25, 0.3) is 0 Å². The van der Waals surface area contributed by atoms with Crippen molar-refractivity contribution in [1.29, 1.82) is 0 Å². The normalized spacial score (nSPS) is 21.3. The molecule has 2 aliphatic rings. The summed E-state index contributed by atoms with van der Waals surface area (Å²) >= 11 is 0. The van der Waals surface area contributed by atoms with E-state index in [0.29, 0.717) is 18.2 Å². The number of fused-ring (bicyclic) bond motifs is 1. The van der Waals surface area contributed by atoms with Gasteiger partial charge in [0.15, 0.2) is 5.76 Å². The Morgan fingerprint density at radius 2 is 2.27 bits per heavy atom. The number of amidine groups is 1. The van der Waals surface area contributed by atoms with Crippen LogP contribution in [-0.4, -0.2) is 47.1 Å². The molecule has 136 valence electrons. The van der Waals surface area contributed by atoms with E-state index in [-0.39, 0.29) is 6.61 Å². The highest BCUT2D eigenvalue weighted by Gasteiger charge is 2.24. The molecule has 1 fully saturated rings.